The highest BCUT2D eigenvalue weighted by atomic mass is 19.2. The van der Waals surface area contributed by atoms with E-state index in [9.17, 15) is 23.5 Å². The topological polar surface area (TPSA) is 91.6 Å². The number of aliphatic hydroxyl groups is 1. The molecule has 2 aromatic rings. The lowest BCUT2D eigenvalue weighted by Gasteiger charge is -2.16. The van der Waals surface area contributed by atoms with Crippen molar-refractivity contribution in [2.75, 3.05) is 5.32 Å². The molecule has 2 atom stereocenters. The Balaban J connectivity index is 1.89. The number of aliphatic hydroxyl groups excluding tert-OH is 1. The van der Waals surface area contributed by atoms with Crippen LogP contribution in [0.2, 0.25) is 0 Å². The van der Waals surface area contributed by atoms with E-state index in [2.05, 4.69) is 5.32 Å². The molecule has 24 heavy (non-hydrogen) atoms. The molecular formula is C16H16F2N2O4. The number of hydrogen-bond donors (Lipinski definition) is 3. The van der Waals surface area contributed by atoms with Crippen molar-refractivity contribution in [2.24, 2.45) is 0 Å². The fourth-order valence-electron chi connectivity index (χ4n) is 2.06. The van der Waals surface area contributed by atoms with Gasteiger partial charge < -0.3 is 20.2 Å². The molecule has 2 rings (SSSR count). The summed E-state index contributed by atoms with van der Waals surface area (Å²) in [5.74, 6) is -4.22. The van der Waals surface area contributed by atoms with Crippen molar-refractivity contribution in [2.45, 2.75) is 25.5 Å². The first-order valence-corrected chi connectivity index (χ1v) is 7.15. The van der Waals surface area contributed by atoms with Crippen LogP contribution in [0.5, 0.6) is 0 Å². The van der Waals surface area contributed by atoms with Gasteiger partial charge in [0.1, 0.15) is 11.9 Å². The van der Waals surface area contributed by atoms with Gasteiger partial charge in [-0.3, -0.25) is 9.59 Å². The number of amides is 2. The van der Waals surface area contributed by atoms with E-state index in [1.54, 1.807) is 19.1 Å². The fourth-order valence-corrected chi connectivity index (χ4v) is 2.06. The maximum atomic E-state index is 13.5. The number of benzene rings is 1. The third-order valence-corrected chi connectivity index (χ3v) is 3.23. The van der Waals surface area contributed by atoms with Crippen molar-refractivity contribution >= 4 is 17.5 Å². The van der Waals surface area contributed by atoms with Crippen molar-refractivity contribution < 1.29 is 27.9 Å². The molecule has 0 saturated carbocycles. The molecule has 0 bridgehead atoms. The van der Waals surface area contributed by atoms with Gasteiger partial charge in [0.2, 0.25) is 0 Å². The van der Waals surface area contributed by atoms with Gasteiger partial charge in [-0.2, -0.15) is 0 Å². The minimum absolute atomic E-state index is 0.112. The summed E-state index contributed by atoms with van der Waals surface area (Å²) in [7, 11) is 0. The van der Waals surface area contributed by atoms with E-state index in [-0.39, 0.29) is 6.42 Å². The van der Waals surface area contributed by atoms with Crippen LogP contribution in [-0.2, 0) is 9.59 Å². The predicted molar refractivity (Wildman–Crippen MR) is 80.9 cm³/mol. The van der Waals surface area contributed by atoms with Gasteiger partial charge in [0.15, 0.2) is 11.6 Å². The monoisotopic (exact) mass is 338 g/mol. The number of carbonyl (C=O) groups excluding carboxylic acids is 2. The number of rotatable bonds is 5. The molecule has 0 aliphatic carbocycles. The number of halogens is 2. The van der Waals surface area contributed by atoms with Crippen LogP contribution in [0.1, 0.15) is 25.2 Å². The molecule has 0 spiro atoms. The molecule has 3 N–H and O–H groups in total. The number of furan rings is 1. The Morgan fingerprint density at radius 1 is 1.21 bits per heavy atom. The standard InChI is InChI=1S/C16H16F2N2O4/c1-9(8-12(21)13-6-3-7-24-13)19-15(22)16(23)20-11-5-2-4-10(17)14(11)18/h2-7,9,12,21H,8H2,1H3,(H,19,22)(H,20,23). The Labute approximate surface area is 136 Å². The van der Waals surface area contributed by atoms with Crippen molar-refractivity contribution in [1.29, 1.82) is 0 Å². The lowest BCUT2D eigenvalue weighted by molar-refractivity contribution is -0.136. The van der Waals surface area contributed by atoms with Crippen molar-refractivity contribution in [3.05, 3.63) is 54.0 Å². The van der Waals surface area contributed by atoms with E-state index in [0.29, 0.717) is 5.76 Å². The van der Waals surface area contributed by atoms with Gasteiger partial charge in [0.05, 0.1) is 12.0 Å². The van der Waals surface area contributed by atoms with Crippen LogP contribution in [0.25, 0.3) is 0 Å². The van der Waals surface area contributed by atoms with E-state index >= 15 is 0 Å². The molecular weight excluding hydrogens is 322 g/mol. The summed E-state index contributed by atoms with van der Waals surface area (Å²) in [6.07, 6.45) is 0.572. The molecule has 0 aliphatic rings. The first-order valence-electron chi connectivity index (χ1n) is 7.15. The highest BCUT2D eigenvalue weighted by Crippen LogP contribution is 2.19. The third-order valence-electron chi connectivity index (χ3n) is 3.23. The summed E-state index contributed by atoms with van der Waals surface area (Å²) < 4.78 is 31.5. The van der Waals surface area contributed by atoms with Crippen LogP contribution in [0.4, 0.5) is 14.5 Å². The summed E-state index contributed by atoms with van der Waals surface area (Å²) in [5.41, 5.74) is -0.432. The molecule has 0 saturated heterocycles. The summed E-state index contributed by atoms with van der Waals surface area (Å²) in [6.45, 7) is 1.58. The SMILES string of the molecule is CC(CC(O)c1ccco1)NC(=O)C(=O)Nc1cccc(F)c1F. The first-order chi connectivity index (χ1) is 11.4. The summed E-state index contributed by atoms with van der Waals surface area (Å²) in [6, 6.07) is 5.87. The van der Waals surface area contributed by atoms with Gasteiger partial charge in [-0.05, 0) is 31.2 Å². The van der Waals surface area contributed by atoms with Crippen molar-refractivity contribution in [1.82, 2.24) is 5.32 Å². The van der Waals surface area contributed by atoms with Gasteiger partial charge >= 0.3 is 11.8 Å². The average molecular weight is 338 g/mol. The van der Waals surface area contributed by atoms with Crippen molar-refractivity contribution in [3.8, 4) is 0 Å². The molecule has 0 fully saturated rings. The summed E-state index contributed by atoms with van der Waals surface area (Å²) in [5, 5.41) is 14.2. The van der Waals surface area contributed by atoms with Crippen LogP contribution in [0.15, 0.2) is 41.0 Å². The Morgan fingerprint density at radius 3 is 2.62 bits per heavy atom. The fraction of sp³-hybridized carbons (Fsp3) is 0.250. The van der Waals surface area contributed by atoms with Gasteiger partial charge in [-0.15, -0.1) is 0 Å². The molecule has 1 aromatic carbocycles. The Bertz CT molecular complexity index is 719. The van der Waals surface area contributed by atoms with Gasteiger partial charge in [-0.25, -0.2) is 8.78 Å². The molecule has 2 amide bonds. The lowest BCUT2D eigenvalue weighted by atomic mass is 10.1. The van der Waals surface area contributed by atoms with E-state index in [0.717, 1.165) is 12.1 Å². The maximum absolute atomic E-state index is 13.5. The zero-order valence-electron chi connectivity index (χ0n) is 12.8. The highest BCUT2D eigenvalue weighted by Gasteiger charge is 2.21. The largest absolute Gasteiger partial charge is 0.467 e. The van der Waals surface area contributed by atoms with Crippen molar-refractivity contribution in [3.63, 3.8) is 0 Å². The quantitative estimate of drug-likeness (QED) is 0.728. The second-order valence-electron chi connectivity index (χ2n) is 5.20. The van der Waals surface area contributed by atoms with Gasteiger partial charge in [0, 0.05) is 12.5 Å². The zero-order chi connectivity index (χ0) is 17.7. The molecule has 8 heteroatoms. The minimum Gasteiger partial charge on any atom is -0.467 e. The molecule has 2 unspecified atom stereocenters. The Morgan fingerprint density at radius 2 is 1.96 bits per heavy atom. The average Bonchev–Trinajstić information content (AvgIpc) is 3.06. The van der Waals surface area contributed by atoms with E-state index in [1.807, 2.05) is 5.32 Å². The second kappa shape index (κ2) is 7.69. The summed E-state index contributed by atoms with van der Waals surface area (Å²) >= 11 is 0. The zero-order valence-corrected chi connectivity index (χ0v) is 12.8. The molecule has 1 aromatic heterocycles. The normalized spacial score (nSPS) is 13.2. The number of hydrogen-bond acceptors (Lipinski definition) is 4. The first kappa shape index (κ1) is 17.6. The molecule has 1 heterocycles. The second-order valence-corrected chi connectivity index (χ2v) is 5.20. The van der Waals surface area contributed by atoms with Crippen LogP contribution < -0.4 is 10.6 Å². The maximum Gasteiger partial charge on any atom is 0.313 e. The smallest absolute Gasteiger partial charge is 0.313 e. The highest BCUT2D eigenvalue weighted by molar-refractivity contribution is 6.39. The predicted octanol–water partition coefficient (Wildman–Crippen LogP) is 2.12. The minimum atomic E-state index is -1.25. The van der Waals surface area contributed by atoms with E-state index in [1.165, 1.54) is 12.3 Å². The van der Waals surface area contributed by atoms with Crippen LogP contribution in [0.3, 0.4) is 0 Å². The molecule has 6 nitrogen and oxygen atoms in total. The number of nitrogens with one attached hydrogen (secondary N) is 2. The number of carbonyl (C=O) groups is 2. The van der Waals surface area contributed by atoms with Crippen LogP contribution in [0, 0.1) is 11.6 Å². The number of anilines is 1. The lowest BCUT2D eigenvalue weighted by Crippen LogP contribution is -2.41. The van der Waals surface area contributed by atoms with Crippen LogP contribution in [-0.4, -0.2) is 23.0 Å². The third kappa shape index (κ3) is 4.39. The van der Waals surface area contributed by atoms with E-state index < -0.39 is 41.3 Å². The molecule has 0 aliphatic heterocycles. The summed E-state index contributed by atoms with van der Waals surface area (Å²) in [4.78, 5) is 23.5. The molecule has 0 radical (unpaired) electrons. The Hall–Kier alpha value is -2.74. The molecule has 128 valence electrons. The van der Waals surface area contributed by atoms with Gasteiger partial charge in [-0.1, -0.05) is 6.07 Å². The van der Waals surface area contributed by atoms with E-state index in [4.69, 9.17) is 4.42 Å². The van der Waals surface area contributed by atoms with Crippen LogP contribution >= 0.6 is 0 Å². The van der Waals surface area contributed by atoms with Gasteiger partial charge in [0.25, 0.3) is 0 Å². The Kier molecular flexibility index (Phi) is 5.64.